The lowest BCUT2D eigenvalue weighted by Gasteiger charge is -2.15. The van der Waals surface area contributed by atoms with Crippen LogP contribution in [0.1, 0.15) is 11.1 Å². The van der Waals surface area contributed by atoms with Crippen molar-refractivity contribution >= 4 is 11.6 Å². The Morgan fingerprint density at radius 1 is 1.36 bits per heavy atom. The van der Waals surface area contributed by atoms with Gasteiger partial charge < -0.3 is 9.64 Å². The van der Waals surface area contributed by atoms with E-state index in [0.29, 0.717) is 0 Å². The van der Waals surface area contributed by atoms with Gasteiger partial charge in [0, 0.05) is 17.1 Å². The Morgan fingerprint density at radius 2 is 2.00 bits per heavy atom. The zero-order valence-corrected chi connectivity index (χ0v) is 9.85. The fourth-order valence-corrected chi connectivity index (χ4v) is 1.84. The monoisotopic (exact) mass is 213 g/mol. The summed E-state index contributed by atoms with van der Waals surface area (Å²) in [7, 11) is 5.74. The minimum atomic E-state index is 0.764. The van der Waals surface area contributed by atoms with Crippen molar-refractivity contribution in [3.05, 3.63) is 28.3 Å². The van der Waals surface area contributed by atoms with Crippen LogP contribution in [-0.2, 0) is 6.54 Å². The van der Waals surface area contributed by atoms with Crippen molar-refractivity contribution in [1.82, 2.24) is 4.90 Å². The maximum absolute atomic E-state index is 5.99. The molecule has 78 valence electrons. The van der Waals surface area contributed by atoms with Crippen molar-refractivity contribution in [2.24, 2.45) is 0 Å². The minimum Gasteiger partial charge on any atom is -0.496 e. The number of benzene rings is 1. The van der Waals surface area contributed by atoms with Crippen molar-refractivity contribution in [2.45, 2.75) is 13.5 Å². The summed E-state index contributed by atoms with van der Waals surface area (Å²) < 4.78 is 5.35. The lowest BCUT2D eigenvalue weighted by molar-refractivity contribution is 0.370. The molecule has 0 atom stereocenters. The molecule has 0 aliphatic rings. The average molecular weight is 214 g/mol. The molecule has 0 saturated heterocycles. The highest BCUT2D eigenvalue weighted by Gasteiger charge is 2.08. The molecule has 0 bridgehead atoms. The predicted octanol–water partition coefficient (Wildman–Crippen LogP) is 2.72. The van der Waals surface area contributed by atoms with Crippen LogP contribution in [0.15, 0.2) is 12.1 Å². The van der Waals surface area contributed by atoms with Crippen molar-refractivity contribution in [2.75, 3.05) is 21.2 Å². The van der Waals surface area contributed by atoms with E-state index in [2.05, 4.69) is 4.90 Å². The largest absolute Gasteiger partial charge is 0.496 e. The first-order valence-electron chi connectivity index (χ1n) is 4.52. The zero-order chi connectivity index (χ0) is 10.7. The summed E-state index contributed by atoms with van der Waals surface area (Å²) in [6.45, 7) is 2.84. The molecule has 0 aromatic heterocycles. The molecule has 0 aliphatic heterocycles. The molecule has 0 radical (unpaired) electrons. The van der Waals surface area contributed by atoms with Gasteiger partial charge in [-0.3, -0.25) is 0 Å². The number of aryl methyl sites for hydroxylation is 1. The van der Waals surface area contributed by atoms with Gasteiger partial charge in [-0.05, 0) is 38.7 Å². The van der Waals surface area contributed by atoms with Crippen LogP contribution in [0.3, 0.4) is 0 Å². The van der Waals surface area contributed by atoms with Crippen LogP contribution >= 0.6 is 11.6 Å². The van der Waals surface area contributed by atoms with Crippen LogP contribution in [-0.4, -0.2) is 26.1 Å². The highest BCUT2D eigenvalue weighted by Crippen LogP contribution is 2.28. The number of hydrogen-bond acceptors (Lipinski definition) is 2. The third-order valence-corrected chi connectivity index (χ3v) is 2.23. The molecule has 2 nitrogen and oxygen atoms in total. The number of halogens is 1. The van der Waals surface area contributed by atoms with Gasteiger partial charge in [0.2, 0.25) is 0 Å². The van der Waals surface area contributed by atoms with E-state index in [9.17, 15) is 0 Å². The standard InChI is InChI=1S/C11H16ClNO/c1-8-5-10(12)6-9(7-13(2)3)11(8)14-4/h5-6H,7H2,1-4H3. The van der Waals surface area contributed by atoms with Gasteiger partial charge >= 0.3 is 0 Å². The van der Waals surface area contributed by atoms with E-state index in [1.165, 1.54) is 0 Å². The smallest absolute Gasteiger partial charge is 0.126 e. The normalized spacial score (nSPS) is 10.7. The SMILES string of the molecule is COc1c(C)cc(Cl)cc1CN(C)C. The van der Waals surface area contributed by atoms with E-state index in [-0.39, 0.29) is 0 Å². The molecule has 0 aliphatic carbocycles. The van der Waals surface area contributed by atoms with Crippen LogP contribution in [0.25, 0.3) is 0 Å². The summed E-state index contributed by atoms with van der Waals surface area (Å²) >= 11 is 5.99. The van der Waals surface area contributed by atoms with Gasteiger partial charge in [-0.25, -0.2) is 0 Å². The molecule has 1 aromatic rings. The Labute approximate surface area is 90.4 Å². The topological polar surface area (TPSA) is 12.5 Å². The quantitative estimate of drug-likeness (QED) is 0.766. The van der Waals surface area contributed by atoms with Crippen LogP contribution in [0.2, 0.25) is 5.02 Å². The number of ether oxygens (including phenoxy) is 1. The predicted molar refractivity (Wildman–Crippen MR) is 60.1 cm³/mol. The van der Waals surface area contributed by atoms with Gasteiger partial charge in [0.15, 0.2) is 0 Å². The molecule has 0 heterocycles. The van der Waals surface area contributed by atoms with Gasteiger partial charge in [0.25, 0.3) is 0 Å². The first kappa shape index (κ1) is 11.3. The molecule has 3 heteroatoms. The summed E-state index contributed by atoms with van der Waals surface area (Å²) in [5, 5.41) is 0.764. The van der Waals surface area contributed by atoms with Crippen LogP contribution in [0.5, 0.6) is 5.75 Å². The second-order valence-corrected chi connectivity index (χ2v) is 4.09. The van der Waals surface area contributed by atoms with Crippen LogP contribution < -0.4 is 4.74 Å². The van der Waals surface area contributed by atoms with E-state index in [1.807, 2.05) is 33.2 Å². The Hall–Kier alpha value is -0.730. The summed E-state index contributed by atoms with van der Waals surface area (Å²) in [4.78, 5) is 2.09. The first-order chi connectivity index (χ1) is 6.54. The number of nitrogens with zero attached hydrogens (tertiary/aromatic N) is 1. The van der Waals surface area contributed by atoms with Crippen molar-refractivity contribution < 1.29 is 4.74 Å². The molecular weight excluding hydrogens is 198 g/mol. The highest BCUT2D eigenvalue weighted by atomic mass is 35.5. The van der Waals surface area contributed by atoms with Crippen LogP contribution in [0, 0.1) is 6.92 Å². The average Bonchev–Trinajstić information content (AvgIpc) is 2.01. The van der Waals surface area contributed by atoms with E-state index < -0.39 is 0 Å². The Kier molecular flexibility index (Phi) is 3.78. The lowest BCUT2D eigenvalue weighted by atomic mass is 10.1. The highest BCUT2D eigenvalue weighted by molar-refractivity contribution is 6.30. The lowest BCUT2D eigenvalue weighted by Crippen LogP contribution is -2.12. The van der Waals surface area contributed by atoms with E-state index >= 15 is 0 Å². The summed E-state index contributed by atoms with van der Waals surface area (Å²) in [5.41, 5.74) is 2.21. The molecule has 14 heavy (non-hydrogen) atoms. The van der Waals surface area contributed by atoms with Crippen molar-refractivity contribution in [1.29, 1.82) is 0 Å². The second kappa shape index (κ2) is 4.67. The maximum Gasteiger partial charge on any atom is 0.126 e. The molecule has 1 rings (SSSR count). The van der Waals surface area contributed by atoms with E-state index in [1.54, 1.807) is 7.11 Å². The van der Waals surface area contributed by atoms with E-state index in [4.69, 9.17) is 16.3 Å². The molecular formula is C11H16ClNO. The first-order valence-corrected chi connectivity index (χ1v) is 4.90. The molecule has 0 amide bonds. The van der Waals surface area contributed by atoms with Gasteiger partial charge in [-0.1, -0.05) is 11.6 Å². The van der Waals surface area contributed by atoms with Crippen molar-refractivity contribution in [3.63, 3.8) is 0 Å². The Balaban J connectivity index is 3.11. The van der Waals surface area contributed by atoms with Gasteiger partial charge in [-0.2, -0.15) is 0 Å². The fraction of sp³-hybridized carbons (Fsp3) is 0.455. The Bertz CT molecular complexity index is 323. The number of rotatable bonds is 3. The van der Waals surface area contributed by atoms with E-state index in [0.717, 1.165) is 28.4 Å². The summed E-state index contributed by atoms with van der Waals surface area (Å²) in [6.07, 6.45) is 0. The molecule has 0 spiro atoms. The third-order valence-electron chi connectivity index (χ3n) is 2.01. The van der Waals surface area contributed by atoms with Gasteiger partial charge in [0.05, 0.1) is 7.11 Å². The molecule has 1 aromatic carbocycles. The fourth-order valence-electron chi connectivity index (χ4n) is 1.55. The number of methoxy groups -OCH3 is 1. The maximum atomic E-state index is 5.99. The second-order valence-electron chi connectivity index (χ2n) is 3.65. The summed E-state index contributed by atoms with van der Waals surface area (Å²) in [6, 6.07) is 3.87. The molecule has 0 unspecified atom stereocenters. The van der Waals surface area contributed by atoms with Crippen molar-refractivity contribution in [3.8, 4) is 5.75 Å². The Morgan fingerprint density at radius 3 is 2.50 bits per heavy atom. The summed E-state index contributed by atoms with van der Waals surface area (Å²) in [5.74, 6) is 0.933. The zero-order valence-electron chi connectivity index (χ0n) is 9.10. The van der Waals surface area contributed by atoms with Crippen LogP contribution in [0.4, 0.5) is 0 Å². The molecule has 0 saturated carbocycles. The molecule has 0 N–H and O–H groups in total. The minimum absolute atomic E-state index is 0.764. The third kappa shape index (κ3) is 2.63. The van der Waals surface area contributed by atoms with Gasteiger partial charge in [-0.15, -0.1) is 0 Å². The number of hydrogen-bond donors (Lipinski definition) is 0. The van der Waals surface area contributed by atoms with Gasteiger partial charge in [0.1, 0.15) is 5.75 Å². The molecule has 0 fully saturated rings.